The Kier molecular flexibility index (Phi) is 5.28. The fourth-order valence-corrected chi connectivity index (χ4v) is 2.31. The van der Waals surface area contributed by atoms with Crippen LogP contribution in [0.15, 0.2) is 52.3 Å². The van der Waals surface area contributed by atoms with Crippen LogP contribution >= 0.6 is 11.3 Å². The van der Waals surface area contributed by atoms with E-state index in [-0.39, 0.29) is 11.1 Å². The molecule has 0 aliphatic rings. The summed E-state index contributed by atoms with van der Waals surface area (Å²) in [5.74, 6) is -1.49. The van der Waals surface area contributed by atoms with Crippen molar-refractivity contribution < 1.29 is 22.8 Å². The minimum atomic E-state index is -4.81. The molecule has 120 valence electrons. The van der Waals surface area contributed by atoms with Crippen LogP contribution in [0.2, 0.25) is 0 Å². The van der Waals surface area contributed by atoms with Crippen LogP contribution in [-0.2, 0) is 0 Å². The number of hydrazone groups is 1. The first-order valence-electron chi connectivity index (χ1n) is 6.42. The lowest BCUT2D eigenvalue weighted by atomic mass is 10.1. The molecule has 1 aromatic carbocycles. The van der Waals surface area contributed by atoms with E-state index in [0.29, 0.717) is 0 Å². The number of ketones is 1. The maximum absolute atomic E-state index is 12.9. The quantitative estimate of drug-likeness (QED) is 0.513. The molecule has 4 nitrogen and oxygen atoms in total. The number of hydrogen-bond acceptors (Lipinski definition) is 4. The summed E-state index contributed by atoms with van der Waals surface area (Å²) in [5.41, 5.74) is 0.837. The number of nitrogens with one attached hydrogen (secondary N) is 1. The van der Waals surface area contributed by atoms with Crippen molar-refractivity contribution in [3.05, 3.63) is 58.3 Å². The molecule has 0 saturated carbocycles. The smallest absolute Gasteiger partial charge is 0.294 e. The van der Waals surface area contributed by atoms with Gasteiger partial charge in [-0.05, 0) is 23.6 Å². The number of thiophene rings is 1. The van der Waals surface area contributed by atoms with Crippen molar-refractivity contribution in [1.82, 2.24) is 5.43 Å². The Bertz CT molecular complexity index is 710. The van der Waals surface area contributed by atoms with Crippen LogP contribution in [0.5, 0.6) is 0 Å². The van der Waals surface area contributed by atoms with E-state index in [1.54, 1.807) is 23.6 Å². The van der Waals surface area contributed by atoms with Crippen molar-refractivity contribution in [2.75, 3.05) is 0 Å². The maximum atomic E-state index is 12.9. The molecule has 0 atom stereocenters. The lowest BCUT2D eigenvalue weighted by Crippen LogP contribution is -2.30. The third-order valence-corrected chi connectivity index (χ3v) is 3.51. The Labute approximate surface area is 133 Å². The average Bonchev–Trinajstić information content (AvgIpc) is 3.05. The molecule has 23 heavy (non-hydrogen) atoms. The number of alkyl halides is 3. The van der Waals surface area contributed by atoms with Gasteiger partial charge in [-0.1, -0.05) is 18.2 Å². The van der Waals surface area contributed by atoms with Crippen LogP contribution < -0.4 is 5.43 Å². The first-order valence-corrected chi connectivity index (χ1v) is 7.37. The van der Waals surface area contributed by atoms with E-state index in [1.165, 1.54) is 34.9 Å². The maximum Gasteiger partial charge on any atom is 0.431 e. The predicted octanol–water partition coefficient (Wildman–Crippen LogP) is 3.67. The Morgan fingerprint density at radius 3 is 2.35 bits per heavy atom. The molecule has 0 bridgehead atoms. The van der Waals surface area contributed by atoms with Gasteiger partial charge in [-0.3, -0.25) is 9.59 Å². The number of rotatable bonds is 5. The van der Waals surface area contributed by atoms with Crippen molar-refractivity contribution in [2.24, 2.45) is 5.10 Å². The summed E-state index contributed by atoms with van der Waals surface area (Å²) in [6, 6.07) is 9.13. The van der Waals surface area contributed by atoms with Crippen molar-refractivity contribution in [3.63, 3.8) is 0 Å². The first-order chi connectivity index (χ1) is 10.9. The molecule has 2 aromatic rings. The standard InChI is InChI=1S/C15H11F3N2O2S/c16-15(17,18)13(8-12(21)11-6-7-23-9-11)19-20-14(22)10-4-2-1-3-5-10/h1-7,9H,8H2,(H,20,22). The van der Waals surface area contributed by atoms with Gasteiger partial charge in [0.05, 0.1) is 6.42 Å². The van der Waals surface area contributed by atoms with Gasteiger partial charge >= 0.3 is 6.18 Å². The molecule has 1 heterocycles. The van der Waals surface area contributed by atoms with Crippen LogP contribution in [0.25, 0.3) is 0 Å². The number of hydrogen-bond donors (Lipinski definition) is 1. The molecule has 1 aromatic heterocycles. The summed E-state index contributed by atoms with van der Waals surface area (Å²) < 4.78 is 38.8. The Morgan fingerprint density at radius 1 is 1.09 bits per heavy atom. The summed E-state index contributed by atoms with van der Waals surface area (Å²) in [5, 5.41) is 6.15. The monoisotopic (exact) mass is 340 g/mol. The van der Waals surface area contributed by atoms with Crippen molar-refractivity contribution in [3.8, 4) is 0 Å². The molecule has 0 aliphatic heterocycles. The van der Waals surface area contributed by atoms with E-state index in [4.69, 9.17) is 0 Å². The lowest BCUT2D eigenvalue weighted by molar-refractivity contribution is -0.0605. The van der Waals surface area contributed by atoms with E-state index in [2.05, 4.69) is 5.10 Å². The average molecular weight is 340 g/mol. The van der Waals surface area contributed by atoms with E-state index >= 15 is 0 Å². The number of carbonyl (C=O) groups is 2. The molecule has 0 unspecified atom stereocenters. The minimum Gasteiger partial charge on any atom is -0.294 e. The number of amides is 1. The fourth-order valence-electron chi connectivity index (χ4n) is 1.65. The van der Waals surface area contributed by atoms with Crippen LogP contribution in [-0.4, -0.2) is 23.6 Å². The van der Waals surface area contributed by atoms with Crippen LogP contribution in [0.3, 0.4) is 0 Å². The molecule has 1 amide bonds. The van der Waals surface area contributed by atoms with E-state index in [0.717, 1.165) is 0 Å². The summed E-state index contributed by atoms with van der Waals surface area (Å²) in [4.78, 5) is 23.5. The van der Waals surface area contributed by atoms with E-state index in [9.17, 15) is 22.8 Å². The predicted molar refractivity (Wildman–Crippen MR) is 80.7 cm³/mol. The molecule has 0 spiro atoms. The normalized spacial score (nSPS) is 12.0. The van der Waals surface area contributed by atoms with Gasteiger partial charge in [0.25, 0.3) is 5.91 Å². The van der Waals surface area contributed by atoms with Crippen LogP contribution in [0, 0.1) is 0 Å². The van der Waals surface area contributed by atoms with Gasteiger partial charge in [-0.2, -0.15) is 29.6 Å². The van der Waals surface area contributed by atoms with Crippen molar-refractivity contribution >= 4 is 28.7 Å². The zero-order chi connectivity index (χ0) is 16.9. The second kappa shape index (κ2) is 7.19. The molecule has 0 radical (unpaired) electrons. The summed E-state index contributed by atoms with van der Waals surface area (Å²) in [6.07, 6.45) is -5.75. The summed E-state index contributed by atoms with van der Waals surface area (Å²) >= 11 is 1.21. The van der Waals surface area contributed by atoms with Gasteiger partial charge in [0, 0.05) is 16.5 Å². The third-order valence-electron chi connectivity index (χ3n) is 2.83. The molecular formula is C15H11F3N2O2S. The minimum absolute atomic E-state index is 0.168. The van der Waals surface area contributed by atoms with Crippen LogP contribution in [0.4, 0.5) is 13.2 Å². The number of nitrogens with zero attached hydrogens (tertiary/aromatic N) is 1. The Hall–Kier alpha value is -2.48. The van der Waals surface area contributed by atoms with Gasteiger partial charge < -0.3 is 0 Å². The topological polar surface area (TPSA) is 58.5 Å². The first kappa shape index (κ1) is 16.9. The molecule has 8 heteroatoms. The van der Waals surface area contributed by atoms with Gasteiger partial charge in [-0.25, -0.2) is 5.43 Å². The zero-order valence-corrected chi connectivity index (χ0v) is 12.4. The highest BCUT2D eigenvalue weighted by Gasteiger charge is 2.37. The molecule has 0 aliphatic carbocycles. The van der Waals surface area contributed by atoms with Crippen molar-refractivity contribution in [1.29, 1.82) is 0 Å². The van der Waals surface area contributed by atoms with E-state index < -0.39 is 30.0 Å². The van der Waals surface area contributed by atoms with Gasteiger partial charge in [-0.15, -0.1) is 0 Å². The molecule has 0 saturated heterocycles. The van der Waals surface area contributed by atoms with Gasteiger partial charge in [0.15, 0.2) is 5.78 Å². The summed E-state index contributed by atoms with van der Waals surface area (Å²) in [6.45, 7) is 0. The fraction of sp³-hybridized carbons (Fsp3) is 0.133. The van der Waals surface area contributed by atoms with Gasteiger partial charge in [0.1, 0.15) is 5.71 Å². The largest absolute Gasteiger partial charge is 0.431 e. The highest BCUT2D eigenvalue weighted by molar-refractivity contribution is 7.08. The number of halogens is 3. The lowest BCUT2D eigenvalue weighted by Gasteiger charge is -2.10. The van der Waals surface area contributed by atoms with Crippen LogP contribution in [0.1, 0.15) is 27.1 Å². The second-order valence-electron chi connectivity index (χ2n) is 4.48. The molecule has 1 N–H and O–H groups in total. The highest BCUT2D eigenvalue weighted by atomic mass is 32.1. The molecular weight excluding hydrogens is 329 g/mol. The Morgan fingerprint density at radius 2 is 1.78 bits per heavy atom. The van der Waals surface area contributed by atoms with E-state index in [1.807, 2.05) is 5.43 Å². The highest BCUT2D eigenvalue weighted by Crippen LogP contribution is 2.21. The zero-order valence-electron chi connectivity index (χ0n) is 11.6. The molecule has 2 rings (SSSR count). The Balaban J connectivity index is 2.12. The summed E-state index contributed by atoms with van der Waals surface area (Å²) in [7, 11) is 0. The third kappa shape index (κ3) is 4.75. The SMILES string of the molecule is O=C(CC(=NNC(=O)c1ccccc1)C(F)(F)F)c1ccsc1. The van der Waals surface area contributed by atoms with Crippen molar-refractivity contribution in [2.45, 2.75) is 12.6 Å². The van der Waals surface area contributed by atoms with Gasteiger partial charge in [0.2, 0.25) is 0 Å². The number of Topliss-reactive ketones (excluding diaryl/α,β-unsaturated/α-hetero) is 1. The second-order valence-corrected chi connectivity index (χ2v) is 5.26. The number of carbonyl (C=O) groups excluding carboxylic acids is 2. The number of benzene rings is 1. The molecule has 0 fully saturated rings.